The van der Waals surface area contributed by atoms with Crippen LogP contribution in [-0.4, -0.2) is 40.1 Å². The van der Waals surface area contributed by atoms with Crippen molar-refractivity contribution in [2.45, 2.75) is 0 Å². The fraction of sp³-hybridized carbons (Fsp3) is 0.100. The zero-order chi connectivity index (χ0) is 22.0. The maximum absolute atomic E-state index is 12.3. The van der Waals surface area contributed by atoms with Gasteiger partial charge in [0.05, 0.1) is 29.9 Å². The smallest absolute Gasteiger partial charge is 0.253 e. The summed E-state index contributed by atoms with van der Waals surface area (Å²) in [6.07, 6.45) is 0. The third-order valence-corrected chi connectivity index (χ3v) is 5.66. The Morgan fingerprint density at radius 3 is 2.77 bits per heavy atom. The first-order chi connectivity index (χ1) is 15.0. The number of halogens is 2. The number of benzene rings is 2. The van der Waals surface area contributed by atoms with Gasteiger partial charge in [0, 0.05) is 16.0 Å². The first-order valence-electron chi connectivity index (χ1n) is 8.97. The molecule has 4 aromatic rings. The van der Waals surface area contributed by atoms with Crippen molar-refractivity contribution in [2.75, 3.05) is 19.0 Å². The van der Waals surface area contributed by atoms with Crippen molar-refractivity contribution >= 4 is 57.3 Å². The second-order valence-corrected chi connectivity index (χ2v) is 7.99. The topological polar surface area (TPSA) is 97.6 Å². The van der Waals surface area contributed by atoms with Crippen LogP contribution in [0.2, 0.25) is 10.0 Å². The average molecular weight is 476 g/mol. The van der Waals surface area contributed by atoms with Crippen LogP contribution in [0.25, 0.3) is 16.2 Å². The third-order valence-electron chi connectivity index (χ3n) is 4.30. The minimum absolute atomic E-state index is 0.131. The van der Waals surface area contributed by atoms with Gasteiger partial charge in [0.1, 0.15) is 5.75 Å². The standard InChI is InChI=1S/C20H15Cl2N5O3S/c1-30-16-5-3-2-4-13(16)15-10-31-20-25-19(26-27(15)20)24-17(28)9-23-18(29)12-7-6-11(21)8-14(12)22/h2-8,10H,9H2,1H3,(H,23,29)(H,24,26,28). The predicted octanol–water partition coefficient (Wildman–Crippen LogP) is 4.14. The summed E-state index contributed by atoms with van der Waals surface area (Å²) in [7, 11) is 1.60. The fourth-order valence-corrected chi connectivity index (χ4v) is 4.19. The Kier molecular flexibility index (Phi) is 6.08. The van der Waals surface area contributed by atoms with Crippen LogP contribution >= 0.6 is 34.5 Å². The van der Waals surface area contributed by atoms with E-state index in [9.17, 15) is 9.59 Å². The van der Waals surface area contributed by atoms with Gasteiger partial charge in [-0.1, -0.05) is 35.3 Å². The first-order valence-corrected chi connectivity index (χ1v) is 10.6. The van der Waals surface area contributed by atoms with Crippen molar-refractivity contribution in [1.82, 2.24) is 19.9 Å². The molecule has 0 aliphatic heterocycles. The molecule has 8 nitrogen and oxygen atoms in total. The number of thiazole rings is 1. The number of aromatic nitrogens is 3. The fourth-order valence-electron chi connectivity index (χ4n) is 2.87. The van der Waals surface area contributed by atoms with Crippen LogP contribution in [0.4, 0.5) is 5.95 Å². The molecule has 2 aromatic heterocycles. The van der Waals surface area contributed by atoms with Crippen LogP contribution in [0.5, 0.6) is 5.75 Å². The van der Waals surface area contributed by atoms with Crippen LogP contribution < -0.4 is 15.4 Å². The molecule has 2 heterocycles. The highest BCUT2D eigenvalue weighted by atomic mass is 35.5. The van der Waals surface area contributed by atoms with Gasteiger partial charge in [-0.2, -0.15) is 4.98 Å². The minimum Gasteiger partial charge on any atom is -0.496 e. The van der Waals surface area contributed by atoms with E-state index >= 15 is 0 Å². The maximum Gasteiger partial charge on any atom is 0.253 e. The number of nitrogens with zero attached hydrogens (tertiary/aromatic N) is 3. The second-order valence-electron chi connectivity index (χ2n) is 6.31. The van der Waals surface area contributed by atoms with Gasteiger partial charge in [-0.25, -0.2) is 4.52 Å². The lowest BCUT2D eigenvalue weighted by molar-refractivity contribution is -0.115. The lowest BCUT2D eigenvalue weighted by Crippen LogP contribution is -2.33. The highest BCUT2D eigenvalue weighted by molar-refractivity contribution is 7.15. The van der Waals surface area contributed by atoms with E-state index in [2.05, 4.69) is 20.7 Å². The molecule has 0 saturated carbocycles. The van der Waals surface area contributed by atoms with E-state index < -0.39 is 11.8 Å². The lowest BCUT2D eigenvalue weighted by atomic mass is 10.1. The molecule has 0 unspecified atom stereocenters. The molecule has 11 heteroatoms. The van der Waals surface area contributed by atoms with Crippen LogP contribution in [0.1, 0.15) is 10.4 Å². The highest BCUT2D eigenvalue weighted by Crippen LogP contribution is 2.32. The molecule has 0 aliphatic carbocycles. The Bertz CT molecular complexity index is 1290. The number of methoxy groups -OCH3 is 1. The van der Waals surface area contributed by atoms with Crippen LogP contribution in [0.15, 0.2) is 47.8 Å². The van der Waals surface area contributed by atoms with Gasteiger partial charge in [0.25, 0.3) is 11.9 Å². The molecule has 0 fully saturated rings. The monoisotopic (exact) mass is 475 g/mol. The number of hydrogen-bond donors (Lipinski definition) is 2. The largest absolute Gasteiger partial charge is 0.496 e. The van der Waals surface area contributed by atoms with Gasteiger partial charge >= 0.3 is 0 Å². The first kappa shape index (κ1) is 21.1. The molecule has 0 radical (unpaired) electrons. The number of hydrogen-bond acceptors (Lipinski definition) is 6. The predicted molar refractivity (Wildman–Crippen MR) is 120 cm³/mol. The quantitative estimate of drug-likeness (QED) is 0.436. The van der Waals surface area contributed by atoms with Gasteiger partial charge < -0.3 is 10.1 Å². The van der Waals surface area contributed by atoms with E-state index in [0.717, 1.165) is 11.3 Å². The summed E-state index contributed by atoms with van der Waals surface area (Å²) in [5, 5.41) is 12.0. The number of nitrogens with one attached hydrogen (secondary N) is 2. The summed E-state index contributed by atoms with van der Waals surface area (Å²) in [5.41, 5.74) is 1.86. The van der Waals surface area contributed by atoms with E-state index in [4.69, 9.17) is 27.9 Å². The molecule has 0 bridgehead atoms. The molecular weight excluding hydrogens is 461 g/mol. The summed E-state index contributed by atoms with van der Waals surface area (Å²) < 4.78 is 7.04. The molecule has 4 rings (SSSR count). The molecule has 2 N–H and O–H groups in total. The molecule has 2 aromatic carbocycles. The number of carbonyl (C=O) groups excluding carboxylic acids is 2. The summed E-state index contributed by atoms with van der Waals surface area (Å²) >= 11 is 13.2. The summed E-state index contributed by atoms with van der Waals surface area (Å²) in [6, 6.07) is 12.0. The van der Waals surface area contributed by atoms with Crippen molar-refractivity contribution in [1.29, 1.82) is 0 Å². The Morgan fingerprint density at radius 2 is 2.00 bits per heavy atom. The molecule has 0 spiro atoms. The maximum atomic E-state index is 12.3. The van der Waals surface area contributed by atoms with Crippen LogP contribution in [0, 0.1) is 0 Å². The van der Waals surface area contributed by atoms with E-state index in [1.165, 1.54) is 23.5 Å². The zero-order valence-electron chi connectivity index (χ0n) is 16.1. The van der Waals surface area contributed by atoms with E-state index in [1.807, 2.05) is 29.6 Å². The van der Waals surface area contributed by atoms with Crippen molar-refractivity contribution in [3.05, 3.63) is 63.5 Å². The number of ether oxygens (including phenoxy) is 1. The van der Waals surface area contributed by atoms with Crippen LogP contribution in [0.3, 0.4) is 0 Å². The summed E-state index contributed by atoms with van der Waals surface area (Å²) in [6.45, 7) is -0.274. The Balaban J connectivity index is 1.45. The average Bonchev–Trinajstić information content (AvgIpc) is 3.32. The number of amides is 2. The van der Waals surface area contributed by atoms with Gasteiger partial charge in [-0.15, -0.1) is 16.4 Å². The second kappa shape index (κ2) is 8.93. The van der Waals surface area contributed by atoms with Gasteiger partial charge in [-0.3, -0.25) is 14.9 Å². The Morgan fingerprint density at radius 1 is 1.19 bits per heavy atom. The van der Waals surface area contributed by atoms with E-state index in [1.54, 1.807) is 17.7 Å². The molecule has 0 atom stereocenters. The number of carbonyl (C=O) groups is 2. The third kappa shape index (κ3) is 4.48. The number of fused-ring (bicyclic) bond motifs is 1. The molecule has 158 valence electrons. The van der Waals surface area contributed by atoms with Gasteiger partial charge in [0.15, 0.2) is 0 Å². The van der Waals surface area contributed by atoms with Gasteiger partial charge in [-0.05, 0) is 30.3 Å². The van der Waals surface area contributed by atoms with Crippen molar-refractivity contribution in [2.24, 2.45) is 0 Å². The molecule has 0 aliphatic rings. The highest BCUT2D eigenvalue weighted by Gasteiger charge is 2.17. The number of rotatable bonds is 6. The summed E-state index contributed by atoms with van der Waals surface area (Å²) in [4.78, 5) is 29.4. The normalized spacial score (nSPS) is 10.8. The minimum atomic E-state index is -0.492. The molecule has 2 amide bonds. The van der Waals surface area contributed by atoms with Crippen LogP contribution in [-0.2, 0) is 4.79 Å². The number of para-hydroxylation sites is 1. The zero-order valence-corrected chi connectivity index (χ0v) is 18.4. The Hall–Kier alpha value is -3.14. The lowest BCUT2D eigenvalue weighted by Gasteiger charge is -2.07. The Labute approximate surface area is 190 Å². The summed E-state index contributed by atoms with van der Waals surface area (Å²) in [5.74, 6) is -0.136. The van der Waals surface area contributed by atoms with E-state index in [-0.39, 0.29) is 23.1 Å². The molecular formula is C20H15Cl2N5O3S. The number of anilines is 1. The molecule has 31 heavy (non-hydrogen) atoms. The van der Waals surface area contributed by atoms with Crippen molar-refractivity contribution < 1.29 is 14.3 Å². The molecule has 0 saturated heterocycles. The van der Waals surface area contributed by atoms with Gasteiger partial charge in [0.2, 0.25) is 10.9 Å². The van der Waals surface area contributed by atoms with Crippen molar-refractivity contribution in [3.63, 3.8) is 0 Å². The SMILES string of the molecule is COc1ccccc1-c1csc2nc(NC(=O)CNC(=O)c3ccc(Cl)cc3Cl)nn12. The van der Waals surface area contributed by atoms with Crippen molar-refractivity contribution in [3.8, 4) is 17.0 Å². The van der Waals surface area contributed by atoms with E-state index in [0.29, 0.717) is 15.7 Å².